The molecule has 4 nitrogen and oxygen atoms in total. The summed E-state index contributed by atoms with van der Waals surface area (Å²) in [7, 11) is 0. The Labute approximate surface area is 132 Å². The smallest absolute Gasteiger partial charge is 0.227 e. The number of hydrogen-bond donors (Lipinski definition) is 2. The van der Waals surface area contributed by atoms with Crippen molar-refractivity contribution < 1.29 is 14.6 Å². The lowest BCUT2D eigenvalue weighted by molar-refractivity contribution is -0.238. The van der Waals surface area contributed by atoms with Crippen LogP contribution in [0.15, 0.2) is 30.3 Å². The molecule has 2 N–H and O–H groups in total. The van der Waals surface area contributed by atoms with E-state index in [1.165, 1.54) is 0 Å². The first-order valence-corrected chi connectivity index (χ1v) is 7.98. The first-order valence-electron chi connectivity index (χ1n) is 7.98. The summed E-state index contributed by atoms with van der Waals surface area (Å²) in [5.74, 6) is -0.286. The maximum atomic E-state index is 12.3. The Morgan fingerprint density at radius 3 is 2.59 bits per heavy atom. The summed E-state index contributed by atoms with van der Waals surface area (Å²) in [5.41, 5.74) is -0.280. The first-order chi connectivity index (χ1) is 10.3. The standard InChI is InChI=1S/C18H27NO3/c1-5-22-15-11-18(21,17(15,3)4)12-19-16(20)13(2)14-9-7-6-8-10-14/h6-10,13,15,21H,5,11-12H2,1-4H3,(H,19,20)/t13-,15-,18-/m1/s1. The summed E-state index contributed by atoms with van der Waals surface area (Å²) in [6.45, 7) is 8.72. The first kappa shape index (κ1) is 17.0. The van der Waals surface area contributed by atoms with Crippen LogP contribution in [0.4, 0.5) is 0 Å². The zero-order valence-electron chi connectivity index (χ0n) is 13.9. The van der Waals surface area contributed by atoms with Crippen LogP contribution >= 0.6 is 0 Å². The van der Waals surface area contributed by atoms with E-state index in [9.17, 15) is 9.90 Å². The van der Waals surface area contributed by atoms with Crippen LogP contribution in [-0.4, -0.2) is 35.9 Å². The summed E-state index contributed by atoms with van der Waals surface area (Å²) in [6, 6.07) is 9.67. The third-order valence-electron chi connectivity index (χ3n) is 5.14. The second-order valence-electron chi connectivity index (χ2n) is 6.75. The molecule has 1 fully saturated rings. The van der Waals surface area contributed by atoms with E-state index in [1.807, 2.05) is 58.0 Å². The third kappa shape index (κ3) is 3.03. The molecule has 2 rings (SSSR count). The van der Waals surface area contributed by atoms with Gasteiger partial charge in [-0.15, -0.1) is 0 Å². The van der Waals surface area contributed by atoms with Gasteiger partial charge >= 0.3 is 0 Å². The molecule has 1 saturated carbocycles. The van der Waals surface area contributed by atoms with Crippen molar-refractivity contribution in [3.63, 3.8) is 0 Å². The molecule has 1 aromatic rings. The Morgan fingerprint density at radius 2 is 2.05 bits per heavy atom. The molecule has 0 saturated heterocycles. The zero-order chi connectivity index (χ0) is 16.4. The van der Waals surface area contributed by atoms with Gasteiger partial charge in [0, 0.05) is 25.0 Å². The van der Waals surface area contributed by atoms with Gasteiger partial charge in [0.15, 0.2) is 0 Å². The van der Waals surface area contributed by atoms with E-state index in [1.54, 1.807) is 0 Å². The molecular weight excluding hydrogens is 278 g/mol. The second-order valence-corrected chi connectivity index (χ2v) is 6.75. The van der Waals surface area contributed by atoms with E-state index in [4.69, 9.17) is 4.74 Å². The van der Waals surface area contributed by atoms with E-state index in [0.29, 0.717) is 13.0 Å². The molecule has 1 aliphatic carbocycles. The number of ether oxygens (including phenoxy) is 1. The minimum Gasteiger partial charge on any atom is -0.387 e. The summed E-state index contributed by atoms with van der Waals surface area (Å²) in [5, 5.41) is 13.6. The summed E-state index contributed by atoms with van der Waals surface area (Å²) < 4.78 is 5.64. The van der Waals surface area contributed by atoms with Gasteiger partial charge in [-0.25, -0.2) is 0 Å². The highest BCUT2D eigenvalue weighted by atomic mass is 16.5. The van der Waals surface area contributed by atoms with Gasteiger partial charge < -0.3 is 15.2 Å². The Balaban J connectivity index is 1.92. The van der Waals surface area contributed by atoms with Crippen LogP contribution in [0.1, 0.15) is 45.6 Å². The lowest BCUT2D eigenvalue weighted by Gasteiger charge is -2.58. The lowest BCUT2D eigenvalue weighted by Crippen LogP contribution is -2.68. The molecular formula is C18H27NO3. The third-order valence-corrected chi connectivity index (χ3v) is 5.14. The van der Waals surface area contributed by atoms with Crippen LogP contribution in [0.2, 0.25) is 0 Å². The summed E-state index contributed by atoms with van der Waals surface area (Å²) in [4.78, 5) is 12.3. The van der Waals surface area contributed by atoms with Gasteiger partial charge in [0.1, 0.15) is 0 Å². The van der Waals surface area contributed by atoms with E-state index in [0.717, 1.165) is 5.56 Å². The van der Waals surface area contributed by atoms with E-state index in [2.05, 4.69) is 5.32 Å². The maximum absolute atomic E-state index is 12.3. The SMILES string of the molecule is CCO[C@@H]1C[C@@](O)(CNC(=O)[C@H](C)c2ccccc2)C1(C)C. The molecule has 1 aromatic carbocycles. The number of benzene rings is 1. The van der Waals surface area contributed by atoms with Crippen LogP contribution in [0, 0.1) is 5.41 Å². The number of carbonyl (C=O) groups excluding carboxylic acids is 1. The minimum absolute atomic E-state index is 0.0472. The molecule has 3 atom stereocenters. The molecule has 0 aromatic heterocycles. The molecule has 1 aliphatic rings. The number of aliphatic hydroxyl groups is 1. The highest BCUT2D eigenvalue weighted by Gasteiger charge is 2.59. The molecule has 4 heteroatoms. The van der Waals surface area contributed by atoms with Gasteiger partial charge in [-0.1, -0.05) is 44.2 Å². The fourth-order valence-corrected chi connectivity index (χ4v) is 3.04. The van der Waals surface area contributed by atoms with Gasteiger partial charge in [-0.05, 0) is 19.4 Å². The van der Waals surface area contributed by atoms with Crippen molar-refractivity contribution in [1.82, 2.24) is 5.32 Å². The van der Waals surface area contributed by atoms with E-state index < -0.39 is 5.60 Å². The Bertz CT molecular complexity index is 514. The minimum atomic E-state index is -0.904. The van der Waals surface area contributed by atoms with Crippen molar-refractivity contribution in [3.8, 4) is 0 Å². The Hall–Kier alpha value is -1.39. The summed E-state index contributed by atoms with van der Waals surface area (Å²) >= 11 is 0. The van der Waals surface area contributed by atoms with E-state index >= 15 is 0 Å². The van der Waals surface area contributed by atoms with Crippen molar-refractivity contribution in [2.24, 2.45) is 5.41 Å². The van der Waals surface area contributed by atoms with Crippen molar-refractivity contribution >= 4 is 5.91 Å². The van der Waals surface area contributed by atoms with Gasteiger partial charge in [0.2, 0.25) is 5.91 Å². The normalized spacial score (nSPS) is 27.8. The quantitative estimate of drug-likeness (QED) is 0.849. The van der Waals surface area contributed by atoms with Crippen molar-refractivity contribution in [3.05, 3.63) is 35.9 Å². The van der Waals surface area contributed by atoms with Crippen molar-refractivity contribution in [2.75, 3.05) is 13.2 Å². The van der Waals surface area contributed by atoms with Gasteiger partial charge in [-0.3, -0.25) is 4.79 Å². The molecule has 0 radical (unpaired) electrons. The van der Waals surface area contributed by atoms with Crippen molar-refractivity contribution in [2.45, 2.75) is 51.7 Å². The monoisotopic (exact) mass is 305 g/mol. The van der Waals surface area contributed by atoms with Gasteiger partial charge in [-0.2, -0.15) is 0 Å². The fourth-order valence-electron chi connectivity index (χ4n) is 3.04. The zero-order valence-corrected chi connectivity index (χ0v) is 13.9. The lowest BCUT2D eigenvalue weighted by atomic mass is 9.56. The van der Waals surface area contributed by atoms with Gasteiger partial charge in [0.05, 0.1) is 17.6 Å². The molecule has 1 amide bonds. The highest BCUT2D eigenvalue weighted by Crippen LogP contribution is 2.50. The largest absolute Gasteiger partial charge is 0.387 e. The highest BCUT2D eigenvalue weighted by molar-refractivity contribution is 5.83. The van der Waals surface area contributed by atoms with Crippen LogP contribution in [0.25, 0.3) is 0 Å². The fraction of sp³-hybridized carbons (Fsp3) is 0.611. The van der Waals surface area contributed by atoms with Crippen LogP contribution in [0.5, 0.6) is 0 Å². The predicted molar refractivity (Wildman–Crippen MR) is 86.6 cm³/mol. The van der Waals surface area contributed by atoms with Crippen LogP contribution in [0.3, 0.4) is 0 Å². The van der Waals surface area contributed by atoms with Gasteiger partial charge in [0.25, 0.3) is 0 Å². The predicted octanol–water partition coefficient (Wildman–Crippen LogP) is 2.47. The molecule has 0 spiro atoms. The summed E-state index contributed by atoms with van der Waals surface area (Å²) in [6.07, 6.45) is 0.611. The number of amides is 1. The Morgan fingerprint density at radius 1 is 1.41 bits per heavy atom. The number of nitrogens with one attached hydrogen (secondary N) is 1. The van der Waals surface area contributed by atoms with Crippen LogP contribution < -0.4 is 5.32 Å². The molecule has 0 heterocycles. The molecule has 22 heavy (non-hydrogen) atoms. The molecule has 0 aliphatic heterocycles. The molecule has 122 valence electrons. The molecule has 0 bridgehead atoms. The maximum Gasteiger partial charge on any atom is 0.227 e. The number of rotatable bonds is 6. The second kappa shape index (κ2) is 6.39. The topological polar surface area (TPSA) is 58.6 Å². The Kier molecular flexibility index (Phi) is 4.93. The average Bonchev–Trinajstić information content (AvgIpc) is 2.52. The number of carbonyl (C=O) groups is 1. The average molecular weight is 305 g/mol. The number of hydrogen-bond acceptors (Lipinski definition) is 3. The van der Waals surface area contributed by atoms with E-state index in [-0.39, 0.29) is 29.9 Å². The molecule has 0 unspecified atom stereocenters. The van der Waals surface area contributed by atoms with Crippen molar-refractivity contribution in [1.29, 1.82) is 0 Å². The van der Waals surface area contributed by atoms with Crippen LogP contribution in [-0.2, 0) is 9.53 Å².